The highest BCUT2D eigenvalue weighted by Gasteiger charge is 2.43. The van der Waals surface area contributed by atoms with Crippen LogP contribution in [-0.2, 0) is 42.7 Å². The molecule has 0 aliphatic carbocycles. The first-order valence-corrected chi connectivity index (χ1v) is 32.1. The van der Waals surface area contributed by atoms with E-state index >= 15 is 0 Å². The van der Waals surface area contributed by atoms with Gasteiger partial charge in [0.25, 0.3) is 11.1 Å². The second-order valence-corrected chi connectivity index (χ2v) is 27.0. The Bertz CT molecular complexity index is 3440. The Balaban J connectivity index is 0.630. The highest BCUT2D eigenvalue weighted by atomic mass is 19.1. The fraction of sp³-hybridized carbons (Fsp3) is 0.486. The van der Waals surface area contributed by atoms with Crippen molar-refractivity contribution in [1.29, 1.82) is 0 Å². The molecule has 6 aliphatic rings. The monoisotopic (exact) mass is 1250 g/mol. The lowest BCUT2D eigenvalue weighted by Gasteiger charge is -2.43. The molecule has 0 spiro atoms. The molecule has 0 saturated carbocycles. The molecule has 0 radical (unpaired) electrons. The molecule has 6 aromatic rings. The lowest BCUT2D eigenvalue weighted by molar-refractivity contribution is -0.121. The topological polar surface area (TPSA) is 190 Å². The normalized spacial score (nSPS) is 23.6. The Morgan fingerprint density at radius 1 is 0.560 bits per heavy atom. The molecule has 484 valence electrons. The largest absolute Gasteiger partial charge is 0.487 e. The van der Waals surface area contributed by atoms with Crippen LogP contribution in [0.1, 0.15) is 75.2 Å². The first-order valence-electron chi connectivity index (χ1n) is 32.1. The summed E-state index contributed by atoms with van der Waals surface area (Å²) in [6.45, 7) is 22.5. The number of hydrogen-bond acceptors (Lipinski definition) is 15. The summed E-state index contributed by atoms with van der Waals surface area (Å²) in [7, 11) is 0. The van der Waals surface area contributed by atoms with Crippen molar-refractivity contribution >= 4 is 23.2 Å². The standard InChI is InChI=1S/C70H86F2N10O9/c1-45-33-79(39-63(83)81-43-69(3,4)65-57(81)29-49(67(85)75-65)27-47-15-19-51(71)20-16-47)53(31-73-45)35-77-23-25-87-55(37-77)41-89-59-11-7-9-13-61(59)91-62-14-10-8-12-60(62)90-42-56-38-78(24-26-88-56)36-54-32-74-46(2)34-80(54)40-64(84)82-44-70(5,6)66-58(82)30-50(68(86)76-66)28-48-17-21-52(72)22-18-48/h7-22,29-30,45-46,53-56,73-74H,23-28,31-44H2,1-6H3,(H,75,85)(H,76,86)/t45-,46-,53-,54-,55+,56+/m1/s1. The molecule has 4 saturated heterocycles. The highest BCUT2D eigenvalue weighted by molar-refractivity contribution is 5.98. The fourth-order valence-electron chi connectivity index (χ4n) is 13.9. The van der Waals surface area contributed by atoms with Gasteiger partial charge in [-0.3, -0.25) is 38.8 Å². The molecular formula is C70H86F2N10O9. The van der Waals surface area contributed by atoms with Gasteiger partial charge in [0.2, 0.25) is 11.8 Å². The number of carbonyl (C=O) groups excluding carboxylic acids is 2. The lowest BCUT2D eigenvalue weighted by Crippen LogP contribution is -2.61. The molecule has 4 N–H and O–H groups in total. The maximum Gasteiger partial charge on any atom is 0.251 e. The second-order valence-electron chi connectivity index (χ2n) is 27.0. The van der Waals surface area contributed by atoms with Crippen molar-refractivity contribution in [2.24, 2.45) is 0 Å². The number of morpholine rings is 2. The molecule has 0 unspecified atom stereocenters. The van der Waals surface area contributed by atoms with Crippen LogP contribution in [0.5, 0.6) is 23.0 Å². The van der Waals surface area contributed by atoms with E-state index in [0.29, 0.717) is 113 Å². The molecule has 91 heavy (non-hydrogen) atoms. The van der Waals surface area contributed by atoms with E-state index < -0.39 is 10.8 Å². The third-order valence-corrected chi connectivity index (χ3v) is 18.7. The molecule has 6 aliphatic heterocycles. The van der Waals surface area contributed by atoms with Crippen LogP contribution >= 0.6 is 0 Å². The lowest BCUT2D eigenvalue weighted by atomic mass is 9.91. The molecule has 4 fully saturated rings. The molecule has 19 nitrogen and oxygen atoms in total. The van der Waals surface area contributed by atoms with E-state index in [-0.39, 0.29) is 84.0 Å². The van der Waals surface area contributed by atoms with E-state index in [9.17, 15) is 28.0 Å². The number of nitrogens with one attached hydrogen (secondary N) is 4. The molecule has 8 heterocycles. The van der Waals surface area contributed by atoms with Crippen LogP contribution in [0.3, 0.4) is 0 Å². The number of hydrogen-bond donors (Lipinski definition) is 4. The number of H-pyrrole nitrogens is 2. The first-order chi connectivity index (χ1) is 43.8. The molecular weight excluding hydrogens is 1160 g/mol. The fourth-order valence-corrected chi connectivity index (χ4v) is 13.9. The number of anilines is 2. The third kappa shape index (κ3) is 15.1. The SMILES string of the molecule is C[C@@H]1CN(CC(=O)N2CC(C)(C)c3[nH]c(=O)c(Cc4ccc(F)cc4)cc32)[C@@H](CN2CCO[C@H](COc3ccccc3Oc3ccccc3OC[C@@H]3CN(C[C@H]4CN[C@H](C)CN4CC(=O)N4CC(C)(C)c5[nH]c(=O)c(Cc6ccc(F)cc6)cc54)CCO3)C2)CN1. The third-order valence-electron chi connectivity index (χ3n) is 18.7. The Hall–Kier alpha value is -7.34. The number of piperazine rings is 2. The number of ether oxygens (including phenoxy) is 5. The van der Waals surface area contributed by atoms with Crippen LogP contribution < -0.4 is 45.8 Å². The maximum atomic E-state index is 14.5. The quantitative estimate of drug-likeness (QED) is 0.0653. The van der Waals surface area contributed by atoms with Crippen LogP contribution in [0.2, 0.25) is 0 Å². The Labute approximate surface area is 530 Å². The van der Waals surface area contributed by atoms with Gasteiger partial charge in [0.1, 0.15) is 37.1 Å². The minimum absolute atomic E-state index is 0.0209. The maximum absolute atomic E-state index is 14.5. The van der Waals surface area contributed by atoms with Gasteiger partial charge < -0.3 is 54.1 Å². The van der Waals surface area contributed by atoms with Gasteiger partial charge in [-0.1, -0.05) is 76.2 Å². The van der Waals surface area contributed by atoms with Crippen LogP contribution in [0.4, 0.5) is 20.2 Å². The van der Waals surface area contributed by atoms with Crippen LogP contribution in [0, 0.1) is 11.6 Å². The average molecular weight is 1250 g/mol. The number of para-hydroxylation sites is 4. The van der Waals surface area contributed by atoms with Gasteiger partial charge in [-0.15, -0.1) is 0 Å². The highest BCUT2D eigenvalue weighted by Crippen LogP contribution is 2.41. The summed E-state index contributed by atoms with van der Waals surface area (Å²) in [4.78, 5) is 74.9. The average Bonchev–Trinajstić information content (AvgIpc) is 1.62. The summed E-state index contributed by atoms with van der Waals surface area (Å²) in [5, 5.41) is 7.30. The van der Waals surface area contributed by atoms with Crippen molar-refractivity contribution < 1.29 is 42.1 Å². The summed E-state index contributed by atoms with van der Waals surface area (Å²) >= 11 is 0. The second kappa shape index (κ2) is 27.5. The van der Waals surface area contributed by atoms with Crippen molar-refractivity contribution in [2.75, 3.05) is 128 Å². The van der Waals surface area contributed by atoms with Crippen LogP contribution in [0.15, 0.2) is 119 Å². The van der Waals surface area contributed by atoms with E-state index in [1.165, 1.54) is 24.3 Å². The predicted octanol–water partition coefficient (Wildman–Crippen LogP) is 6.45. The number of aromatic nitrogens is 2. The van der Waals surface area contributed by atoms with Crippen molar-refractivity contribution in [3.8, 4) is 23.0 Å². The molecule has 2 aromatic heterocycles. The molecule has 2 amide bonds. The number of fused-ring (bicyclic) bond motifs is 2. The molecule has 6 atom stereocenters. The number of carbonyl (C=O) groups is 2. The number of amides is 2. The van der Waals surface area contributed by atoms with Crippen molar-refractivity contribution in [3.05, 3.63) is 175 Å². The van der Waals surface area contributed by atoms with E-state index in [4.69, 9.17) is 23.7 Å². The minimum atomic E-state index is -0.455. The van der Waals surface area contributed by atoms with Gasteiger partial charge in [0.05, 0.1) is 37.7 Å². The predicted molar refractivity (Wildman–Crippen MR) is 345 cm³/mol. The van der Waals surface area contributed by atoms with Gasteiger partial charge in [0, 0.05) is 149 Å². The molecule has 4 aromatic carbocycles. The number of halogens is 2. The van der Waals surface area contributed by atoms with E-state index in [1.54, 1.807) is 24.3 Å². The smallest absolute Gasteiger partial charge is 0.251 e. The van der Waals surface area contributed by atoms with Gasteiger partial charge >= 0.3 is 0 Å². The number of nitrogens with zero attached hydrogens (tertiary/aromatic N) is 6. The summed E-state index contributed by atoms with van der Waals surface area (Å²) in [6.07, 6.45) is 0.200. The van der Waals surface area contributed by atoms with Crippen molar-refractivity contribution in [1.82, 2.24) is 40.2 Å². The Morgan fingerprint density at radius 2 is 0.956 bits per heavy atom. The molecule has 21 heteroatoms. The summed E-state index contributed by atoms with van der Waals surface area (Å²) in [5.41, 5.74) is 4.31. The summed E-state index contributed by atoms with van der Waals surface area (Å²) in [5.74, 6) is 1.49. The van der Waals surface area contributed by atoms with Gasteiger partial charge in [-0.05, 0) is 85.6 Å². The van der Waals surface area contributed by atoms with E-state index in [1.807, 2.05) is 98.2 Å². The zero-order chi connectivity index (χ0) is 63.6. The first kappa shape index (κ1) is 63.8. The Kier molecular flexibility index (Phi) is 19.3. The summed E-state index contributed by atoms with van der Waals surface area (Å²) in [6, 6.07) is 31.7. The summed E-state index contributed by atoms with van der Waals surface area (Å²) < 4.78 is 59.6. The zero-order valence-corrected chi connectivity index (χ0v) is 53.1. The molecule has 0 bridgehead atoms. The number of rotatable bonds is 20. The minimum Gasteiger partial charge on any atom is -0.487 e. The number of pyridine rings is 2. The number of benzene rings is 4. The van der Waals surface area contributed by atoms with Crippen LogP contribution in [-0.4, -0.2) is 196 Å². The van der Waals surface area contributed by atoms with Crippen molar-refractivity contribution in [3.63, 3.8) is 0 Å². The van der Waals surface area contributed by atoms with Gasteiger partial charge in [-0.25, -0.2) is 8.78 Å². The number of aromatic amines is 2. The van der Waals surface area contributed by atoms with Gasteiger partial charge in [0.15, 0.2) is 23.0 Å². The molecule has 12 rings (SSSR count). The van der Waals surface area contributed by atoms with Crippen LogP contribution in [0.25, 0.3) is 0 Å². The van der Waals surface area contributed by atoms with Crippen molar-refractivity contribution in [2.45, 2.75) is 102 Å². The Morgan fingerprint density at radius 3 is 1.36 bits per heavy atom. The van der Waals surface area contributed by atoms with Gasteiger partial charge in [-0.2, -0.15) is 0 Å². The van der Waals surface area contributed by atoms with E-state index in [0.717, 1.165) is 73.2 Å². The van der Waals surface area contributed by atoms with E-state index in [2.05, 4.69) is 54.0 Å². The zero-order valence-electron chi connectivity index (χ0n) is 53.1.